The van der Waals surface area contributed by atoms with Crippen molar-refractivity contribution in [2.45, 2.75) is 19.9 Å². The van der Waals surface area contributed by atoms with Crippen LogP contribution in [0.2, 0.25) is 0 Å². The molecule has 0 aliphatic rings. The van der Waals surface area contributed by atoms with Gasteiger partial charge in [0.25, 0.3) is 0 Å². The first kappa shape index (κ1) is 12.1. The quantitative estimate of drug-likeness (QED) is 0.905. The third kappa shape index (κ3) is 2.85. The van der Waals surface area contributed by atoms with Gasteiger partial charge in [0.1, 0.15) is 11.6 Å². The standard InChI is InChI=1S/C12H13BrFN3/c1-7(2)15-12-6-11(16-17-12)9-4-3-8(13)5-10(9)14/h3-7H,1-2H3,(H2,15,16,17). The number of H-pyrrole nitrogens is 1. The zero-order chi connectivity index (χ0) is 12.4. The van der Waals surface area contributed by atoms with Gasteiger partial charge in [0, 0.05) is 22.1 Å². The smallest absolute Gasteiger partial charge is 0.148 e. The van der Waals surface area contributed by atoms with Crippen LogP contribution in [0.5, 0.6) is 0 Å². The van der Waals surface area contributed by atoms with E-state index in [1.807, 2.05) is 13.8 Å². The average molecular weight is 298 g/mol. The van der Waals surface area contributed by atoms with Gasteiger partial charge in [-0.2, -0.15) is 5.10 Å². The van der Waals surface area contributed by atoms with Crippen molar-refractivity contribution < 1.29 is 4.39 Å². The molecule has 2 rings (SSSR count). The van der Waals surface area contributed by atoms with Gasteiger partial charge in [-0.15, -0.1) is 0 Å². The molecule has 0 saturated carbocycles. The van der Waals surface area contributed by atoms with E-state index in [2.05, 4.69) is 31.4 Å². The molecule has 2 N–H and O–H groups in total. The Bertz CT molecular complexity index is 522. The fourth-order valence-electron chi connectivity index (χ4n) is 1.54. The van der Waals surface area contributed by atoms with Gasteiger partial charge in [-0.25, -0.2) is 4.39 Å². The third-order valence-corrected chi connectivity index (χ3v) is 2.73. The van der Waals surface area contributed by atoms with Crippen molar-refractivity contribution in [1.82, 2.24) is 10.2 Å². The zero-order valence-corrected chi connectivity index (χ0v) is 11.2. The van der Waals surface area contributed by atoms with Crippen molar-refractivity contribution in [1.29, 1.82) is 0 Å². The second-order valence-corrected chi connectivity index (χ2v) is 5.01. The van der Waals surface area contributed by atoms with E-state index in [-0.39, 0.29) is 5.82 Å². The van der Waals surface area contributed by atoms with Gasteiger partial charge in [-0.1, -0.05) is 15.9 Å². The molecule has 0 amide bonds. The summed E-state index contributed by atoms with van der Waals surface area (Å²) in [5.74, 6) is 0.441. The van der Waals surface area contributed by atoms with E-state index < -0.39 is 0 Å². The number of nitrogens with one attached hydrogen (secondary N) is 2. The number of anilines is 1. The fraction of sp³-hybridized carbons (Fsp3) is 0.250. The number of rotatable bonds is 3. The maximum Gasteiger partial charge on any atom is 0.148 e. The highest BCUT2D eigenvalue weighted by atomic mass is 79.9. The second-order valence-electron chi connectivity index (χ2n) is 4.09. The number of hydrogen-bond acceptors (Lipinski definition) is 2. The minimum Gasteiger partial charge on any atom is -0.366 e. The molecule has 0 unspecified atom stereocenters. The largest absolute Gasteiger partial charge is 0.366 e. The molecule has 3 nitrogen and oxygen atoms in total. The first-order valence-corrected chi connectivity index (χ1v) is 6.13. The van der Waals surface area contributed by atoms with Crippen molar-refractivity contribution in [3.63, 3.8) is 0 Å². The topological polar surface area (TPSA) is 40.7 Å². The van der Waals surface area contributed by atoms with Gasteiger partial charge in [0.2, 0.25) is 0 Å². The summed E-state index contributed by atoms with van der Waals surface area (Å²) in [4.78, 5) is 0. The van der Waals surface area contributed by atoms with E-state index in [1.54, 1.807) is 18.2 Å². The lowest BCUT2D eigenvalue weighted by Crippen LogP contribution is -2.09. The van der Waals surface area contributed by atoms with Crippen LogP contribution in [-0.2, 0) is 0 Å². The highest BCUT2D eigenvalue weighted by Gasteiger charge is 2.09. The molecule has 0 aliphatic carbocycles. The van der Waals surface area contributed by atoms with Crippen LogP contribution in [0, 0.1) is 5.82 Å². The molecule has 0 atom stereocenters. The normalized spacial score (nSPS) is 10.9. The molecule has 0 aliphatic heterocycles. The van der Waals surface area contributed by atoms with Crippen LogP contribution >= 0.6 is 15.9 Å². The molecular weight excluding hydrogens is 285 g/mol. The van der Waals surface area contributed by atoms with Gasteiger partial charge >= 0.3 is 0 Å². The lowest BCUT2D eigenvalue weighted by molar-refractivity contribution is 0.630. The van der Waals surface area contributed by atoms with Gasteiger partial charge < -0.3 is 5.32 Å². The van der Waals surface area contributed by atoms with Gasteiger partial charge in [0.15, 0.2) is 0 Å². The van der Waals surface area contributed by atoms with Crippen molar-refractivity contribution in [2.75, 3.05) is 5.32 Å². The minimum absolute atomic E-state index is 0.279. The minimum atomic E-state index is -0.279. The molecule has 5 heteroatoms. The number of halogens is 2. The van der Waals surface area contributed by atoms with E-state index >= 15 is 0 Å². The van der Waals surface area contributed by atoms with Crippen LogP contribution in [0.25, 0.3) is 11.3 Å². The summed E-state index contributed by atoms with van der Waals surface area (Å²) in [6.45, 7) is 4.04. The summed E-state index contributed by atoms with van der Waals surface area (Å²) in [7, 11) is 0. The predicted octanol–water partition coefficient (Wildman–Crippen LogP) is 3.80. The van der Waals surface area contributed by atoms with E-state index in [0.29, 0.717) is 17.3 Å². The summed E-state index contributed by atoms with van der Waals surface area (Å²) in [5.41, 5.74) is 1.18. The molecule has 0 spiro atoms. The molecule has 0 radical (unpaired) electrons. The van der Waals surface area contributed by atoms with Crippen LogP contribution in [-0.4, -0.2) is 16.2 Å². The second kappa shape index (κ2) is 4.87. The van der Waals surface area contributed by atoms with Crippen LogP contribution in [0.1, 0.15) is 13.8 Å². The van der Waals surface area contributed by atoms with Gasteiger partial charge in [0.05, 0.1) is 5.69 Å². The van der Waals surface area contributed by atoms with E-state index in [1.165, 1.54) is 6.07 Å². The van der Waals surface area contributed by atoms with Crippen molar-refractivity contribution in [3.05, 3.63) is 34.6 Å². The molecule has 17 heavy (non-hydrogen) atoms. The van der Waals surface area contributed by atoms with Gasteiger partial charge in [-0.05, 0) is 32.0 Å². The first-order chi connectivity index (χ1) is 8.06. The Hall–Kier alpha value is -1.36. The summed E-state index contributed by atoms with van der Waals surface area (Å²) in [5, 5.41) is 10.1. The monoisotopic (exact) mass is 297 g/mol. The van der Waals surface area contributed by atoms with Crippen molar-refractivity contribution >= 4 is 21.7 Å². The lowest BCUT2D eigenvalue weighted by Gasteiger charge is -2.04. The highest BCUT2D eigenvalue weighted by Crippen LogP contribution is 2.25. The zero-order valence-electron chi connectivity index (χ0n) is 9.59. The fourth-order valence-corrected chi connectivity index (χ4v) is 1.87. The van der Waals surface area contributed by atoms with Crippen LogP contribution in [0.4, 0.5) is 10.2 Å². The van der Waals surface area contributed by atoms with Gasteiger partial charge in [-0.3, -0.25) is 5.10 Å². The molecule has 1 heterocycles. The molecular formula is C12H13BrFN3. The Kier molecular flexibility index (Phi) is 3.47. The summed E-state index contributed by atoms with van der Waals surface area (Å²) in [6.07, 6.45) is 0. The van der Waals surface area contributed by atoms with Crippen LogP contribution in [0.15, 0.2) is 28.7 Å². The van der Waals surface area contributed by atoms with E-state index in [0.717, 1.165) is 10.3 Å². The summed E-state index contributed by atoms with van der Waals surface area (Å²) < 4.78 is 14.4. The molecule has 2 aromatic rings. The van der Waals surface area contributed by atoms with Crippen molar-refractivity contribution in [3.8, 4) is 11.3 Å². The number of aromatic amines is 1. The predicted molar refractivity (Wildman–Crippen MR) is 70.4 cm³/mol. The Labute approximate surface area is 108 Å². The number of benzene rings is 1. The van der Waals surface area contributed by atoms with Crippen LogP contribution < -0.4 is 5.32 Å². The molecule has 1 aromatic carbocycles. The van der Waals surface area contributed by atoms with Crippen LogP contribution in [0.3, 0.4) is 0 Å². The molecule has 0 saturated heterocycles. The summed E-state index contributed by atoms with van der Waals surface area (Å²) in [6, 6.07) is 7.04. The Morgan fingerprint density at radius 1 is 1.35 bits per heavy atom. The molecule has 90 valence electrons. The maximum atomic E-state index is 13.7. The third-order valence-electron chi connectivity index (χ3n) is 2.24. The number of nitrogens with zero attached hydrogens (tertiary/aromatic N) is 1. The maximum absolute atomic E-state index is 13.7. The van der Waals surface area contributed by atoms with Crippen molar-refractivity contribution in [2.24, 2.45) is 0 Å². The lowest BCUT2D eigenvalue weighted by atomic mass is 10.1. The Morgan fingerprint density at radius 3 is 2.76 bits per heavy atom. The average Bonchev–Trinajstić information content (AvgIpc) is 2.65. The number of aromatic nitrogens is 2. The number of hydrogen-bond donors (Lipinski definition) is 2. The Balaban J connectivity index is 2.30. The molecule has 0 bridgehead atoms. The van der Waals surface area contributed by atoms with E-state index in [4.69, 9.17) is 0 Å². The SMILES string of the molecule is CC(C)Nc1cc(-c2ccc(Br)cc2F)[nH]n1. The highest BCUT2D eigenvalue weighted by molar-refractivity contribution is 9.10. The summed E-state index contributed by atoms with van der Waals surface area (Å²) >= 11 is 3.23. The molecule has 1 aromatic heterocycles. The first-order valence-electron chi connectivity index (χ1n) is 5.33. The molecule has 0 fully saturated rings. The Morgan fingerprint density at radius 2 is 2.12 bits per heavy atom. The van der Waals surface area contributed by atoms with E-state index in [9.17, 15) is 4.39 Å².